The van der Waals surface area contributed by atoms with Crippen LogP contribution in [0.25, 0.3) is 33.8 Å². The summed E-state index contributed by atoms with van der Waals surface area (Å²) in [6.07, 6.45) is 4.00. The van der Waals surface area contributed by atoms with E-state index in [-0.39, 0.29) is 5.92 Å². The van der Waals surface area contributed by atoms with Gasteiger partial charge in [0.05, 0.1) is 22.8 Å². The number of allylic oxidation sites excluding steroid dienone is 3. The van der Waals surface area contributed by atoms with Crippen molar-refractivity contribution in [2.75, 3.05) is 43.2 Å². The Kier molecular flexibility index (Phi) is 11.0. The number of rotatable bonds is 9. The van der Waals surface area contributed by atoms with Gasteiger partial charge in [-0.05, 0) is 49.4 Å². The third kappa shape index (κ3) is 7.60. The SMILES string of the molecule is CC.CNC(/C=C(\C)N)=C/C(C)c1nc(-c2cc(N)cc(NC)c2)c(-c2ccccc2)nc1-c1cc(N)cc(NC)c1. The van der Waals surface area contributed by atoms with E-state index in [4.69, 9.17) is 27.2 Å². The van der Waals surface area contributed by atoms with E-state index in [0.29, 0.717) is 17.1 Å². The minimum Gasteiger partial charge on any atom is -0.402 e. The van der Waals surface area contributed by atoms with Crippen molar-refractivity contribution in [3.05, 3.63) is 96.0 Å². The highest BCUT2D eigenvalue weighted by molar-refractivity contribution is 5.84. The maximum atomic E-state index is 6.32. The van der Waals surface area contributed by atoms with Gasteiger partial charge in [-0.3, -0.25) is 0 Å². The fourth-order valence-corrected chi connectivity index (χ4v) is 4.64. The lowest BCUT2D eigenvalue weighted by atomic mass is 9.96. The molecule has 1 unspecified atom stereocenters. The summed E-state index contributed by atoms with van der Waals surface area (Å²) in [7, 11) is 5.61. The van der Waals surface area contributed by atoms with E-state index in [1.54, 1.807) is 0 Å². The average molecular weight is 565 g/mol. The van der Waals surface area contributed by atoms with Crippen LogP contribution in [0.2, 0.25) is 0 Å². The Hall–Kier alpha value is -4.98. The molecule has 0 radical (unpaired) electrons. The highest BCUT2D eigenvalue weighted by Gasteiger charge is 2.22. The van der Waals surface area contributed by atoms with Gasteiger partial charge in [-0.15, -0.1) is 0 Å². The summed E-state index contributed by atoms with van der Waals surface area (Å²) in [5.74, 6) is -0.131. The number of nitrogen functional groups attached to an aromatic ring is 2. The van der Waals surface area contributed by atoms with Crippen molar-refractivity contribution in [3.63, 3.8) is 0 Å². The molecule has 4 aromatic rings. The molecule has 220 valence electrons. The van der Waals surface area contributed by atoms with E-state index < -0.39 is 0 Å². The van der Waals surface area contributed by atoms with E-state index in [0.717, 1.165) is 56.5 Å². The van der Waals surface area contributed by atoms with Crippen molar-refractivity contribution in [3.8, 4) is 33.8 Å². The molecule has 1 heterocycles. The Morgan fingerprint density at radius 1 is 0.738 bits per heavy atom. The van der Waals surface area contributed by atoms with Crippen LogP contribution in [-0.4, -0.2) is 31.1 Å². The predicted molar refractivity (Wildman–Crippen MR) is 181 cm³/mol. The van der Waals surface area contributed by atoms with Crippen molar-refractivity contribution in [1.29, 1.82) is 0 Å². The summed E-state index contributed by atoms with van der Waals surface area (Å²) in [5, 5.41) is 9.63. The van der Waals surface area contributed by atoms with Crippen molar-refractivity contribution in [1.82, 2.24) is 15.3 Å². The molecule has 1 atom stereocenters. The standard InChI is InChI=1S/C32H38N8.C2H6/c1-19(11-26(36-3)12-20(2)33)29-31(22-13-24(34)17-27(15-22)37-4)40-30(21-9-7-6-8-10-21)32(39-29)23-14-25(35)18-28(16-23)38-5;1-2/h6-19,36-38H,33-35H2,1-5H3;1-2H3/b20-12+,26-11+;. The smallest absolute Gasteiger partial charge is 0.0973 e. The largest absolute Gasteiger partial charge is 0.402 e. The first-order valence-electron chi connectivity index (χ1n) is 14.2. The topological polar surface area (TPSA) is 140 Å². The van der Waals surface area contributed by atoms with Crippen LogP contribution >= 0.6 is 0 Å². The fraction of sp³-hybridized carbons (Fsp3) is 0.235. The highest BCUT2D eigenvalue weighted by atomic mass is 14.9. The predicted octanol–water partition coefficient (Wildman–Crippen LogP) is 6.82. The van der Waals surface area contributed by atoms with Crippen LogP contribution in [0.4, 0.5) is 22.7 Å². The number of aromatic nitrogens is 2. The van der Waals surface area contributed by atoms with Crippen LogP contribution in [-0.2, 0) is 0 Å². The average Bonchev–Trinajstić information content (AvgIpc) is 3.00. The maximum Gasteiger partial charge on any atom is 0.0973 e. The fourth-order valence-electron chi connectivity index (χ4n) is 4.64. The molecule has 9 N–H and O–H groups in total. The molecule has 1 aromatic heterocycles. The second-order valence-corrected chi connectivity index (χ2v) is 9.76. The first-order valence-corrected chi connectivity index (χ1v) is 14.2. The maximum absolute atomic E-state index is 6.32. The van der Waals surface area contributed by atoms with Crippen molar-refractivity contribution in [2.24, 2.45) is 5.73 Å². The van der Waals surface area contributed by atoms with Gasteiger partial charge in [0, 0.05) is 77.9 Å². The summed E-state index contributed by atoms with van der Waals surface area (Å²) < 4.78 is 0. The van der Waals surface area contributed by atoms with Gasteiger partial charge in [-0.2, -0.15) is 0 Å². The van der Waals surface area contributed by atoms with Crippen LogP contribution < -0.4 is 33.2 Å². The van der Waals surface area contributed by atoms with Crippen LogP contribution in [0.15, 0.2) is 90.3 Å². The van der Waals surface area contributed by atoms with E-state index in [9.17, 15) is 0 Å². The minimum atomic E-state index is -0.131. The van der Waals surface area contributed by atoms with Gasteiger partial charge >= 0.3 is 0 Å². The Labute approximate surface area is 250 Å². The van der Waals surface area contributed by atoms with E-state index >= 15 is 0 Å². The Bertz CT molecular complexity index is 1550. The van der Waals surface area contributed by atoms with Crippen LogP contribution in [0.1, 0.15) is 39.3 Å². The number of hydrogen-bond donors (Lipinski definition) is 6. The number of anilines is 4. The Morgan fingerprint density at radius 2 is 1.26 bits per heavy atom. The monoisotopic (exact) mass is 564 g/mol. The van der Waals surface area contributed by atoms with Crippen LogP contribution in [0.5, 0.6) is 0 Å². The molecule has 0 saturated carbocycles. The van der Waals surface area contributed by atoms with E-state index in [2.05, 4.69) is 29.0 Å². The minimum absolute atomic E-state index is 0.131. The normalized spacial score (nSPS) is 12.2. The second kappa shape index (κ2) is 14.6. The zero-order chi connectivity index (χ0) is 30.8. The summed E-state index contributed by atoms with van der Waals surface area (Å²) in [5.41, 5.74) is 29.0. The molecule has 8 nitrogen and oxygen atoms in total. The summed E-state index contributed by atoms with van der Waals surface area (Å²) >= 11 is 0. The third-order valence-corrected chi connectivity index (χ3v) is 6.54. The zero-order valence-electron chi connectivity index (χ0n) is 25.7. The summed E-state index contributed by atoms with van der Waals surface area (Å²) in [4.78, 5) is 10.6. The number of hydrogen-bond acceptors (Lipinski definition) is 8. The number of nitrogens with one attached hydrogen (secondary N) is 3. The molecule has 0 amide bonds. The third-order valence-electron chi connectivity index (χ3n) is 6.54. The molecule has 0 fully saturated rings. The van der Waals surface area contributed by atoms with Gasteiger partial charge in [0.2, 0.25) is 0 Å². The second-order valence-electron chi connectivity index (χ2n) is 9.76. The molecule has 4 rings (SSSR count). The van der Waals surface area contributed by atoms with Crippen molar-refractivity contribution < 1.29 is 0 Å². The van der Waals surface area contributed by atoms with Crippen molar-refractivity contribution in [2.45, 2.75) is 33.6 Å². The molecule has 0 bridgehead atoms. The van der Waals surface area contributed by atoms with Gasteiger partial charge in [-0.25, -0.2) is 9.97 Å². The lowest BCUT2D eigenvalue weighted by Crippen LogP contribution is -2.10. The van der Waals surface area contributed by atoms with Gasteiger partial charge in [0.1, 0.15) is 0 Å². The summed E-state index contributed by atoms with van der Waals surface area (Å²) in [6.45, 7) is 7.96. The highest BCUT2D eigenvalue weighted by Crippen LogP contribution is 2.38. The van der Waals surface area contributed by atoms with Crippen LogP contribution in [0, 0.1) is 0 Å². The Morgan fingerprint density at radius 3 is 1.76 bits per heavy atom. The van der Waals surface area contributed by atoms with Gasteiger partial charge in [0.25, 0.3) is 0 Å². The van der Waals surface area contributed by atoms with Crippen molar-refractivity contribution >= 4 is 22.7 Å². The van der Waals surface area contributed by atoms with Gasteiger partial charge in [0.15, 0.2) is 0 Å². The number of nitrogens with zero attached hydrogens (tertiary/aromatic N) is 2. The lowest BCUT2D eigenvalue weighted by Gasteiger charge is -2.20. The Balaban J connectivity index is 0.00000237. The van der Waals surface area contributed by atoms with E-state index in [1.807, 2.05) is 115 Å². The molecular formula is C34H44N8. The molecule has 0 saturated heterocycles. The first kappa shape index (κ1) is 31.5. The molecular weight excluding hydrogens is 520 g/mol. The molecule has 3 aromatic carbocycles. The first-order chi connectivity index (χ1) is 20.2. The number of likely N-dealkylation sites (N-methyl/N-ethyl adjacent to an activating group) is 1. The number of benzene rings is 3. The zero-order valence-corrected chi connectivity index (χ0v) is 25.7. The molecule has 0 aliphatic heterocycles. The van der Waals surface area contributed by atoms with Gasteiger partial charge in [-0.1, -0.05) is 57.2 Å². The summed E-state index contributed by atoms with van der Waals surface area (Å²) in [6, 6.07) is 21.8. The lowest BCUT2D eigenvalue weighted by molar-refractivity contribution is 0.872. The number of nitrogens with two attached hydrogens (primary N) is 3. The van der Waals surface area contributed by atoms with Gasteiger partial charge < -0.3 is 33.2 Å². The molecule has 8 heteroatoms. The quantitative estimate of drug-likeness (QED) is 0.0961. The molecule has 0 spiro atoms. The van der Waals surface area contributed by atoms with E-state index in [1.165, 1.54) is 0 Å². The van der Waals surface area contributed by atoms with Crippen LogP contribution in [0.3, 0.4) is 0 Å². The molecule has 42 heavy (non-hydrogen) atoms. The molecule has 0 aliphatic carbocycles. The molecule has 0 aliphatic rings.